The Labute approximate surface area is 202 Å². The highest BCUT2D eigenvalue weighted by Gasteiger charge is 2.25. The van der Waals surface area contributed by atoms with Crippen LogP contribution in [0.25, 0.3) is 11.0 Å². The van der Waals surface area contributed by atoms with Crippen molar-refractivity contribution in [2.75, 3.05) is 11.8 Å². The van der Waals surface area contributed by atoms with Gasteiger partial charge in [-0.15, -0.1) is 6.42 Å². The first kappa shape index (κ1) is 23.8. The number of methoxy groups -OCH3 is 1. The number of nitrogens with zero attached hydrogens (tertiary/aromatic N) is 3. The second-order valence-electron chi connectivity index (χ2n) is 7.86. The van der Waals surface area contributed by atoms with Crippen molar-refractivity contribution < 1.29 is 22.5 Å². The number of rotatable bonds is 8. The lowest BCUT2D eigenvalue weighted by atomic mass is 10.1. The van der Waals surface area contributed by atoms with Crippen LogP contribution in [0.5, 0.6) is 5.75 Å². The maximum atomic E-state index is 13.2. The SMILES string of the molecule is C#CC(=O)NCc1ccn(Cc2cc(C)c3c(NS(=O)(=O)c4c(C)cccc4OC)noc3c2)n1. The summed E-state index contributed by atoms with van der Waals surface area (Å²) in [6.07, 6.45) is 6.83. The number of sulfonamides is 1. The van der Waals surface area contributed by atoms with Crippen LogP contribution in [0.2, 0.25) is 0 Å². The predicted octanol–water partition coefficient (Wildman–Crippen LogP) is 2.75. The van der Waals surface area contributed by atoms with Crippen LogP contribution in [0, 0.1) is 26.2 Å². The third kappa shape index (κ3) is 4.97. The number of nitrogens with one attached hydrogen (secondary N) is 2. The monoisotopic (exact) mass is 493 g/mol. The fraction of sp³-hybridized carbons (Fsp3) is 0.208. The zero-order chi connectivity index (χ0) is 25.2. The molecular weight excluding hydrogens is 470 g/mol. The van der Waals surface area contributed by atoms with E-state index in [4.69, 9.17) is 15.7 Å². The Balaban J connectivity index is 1.58. The van der Waals surface area contributed by atoms with Crippen molar-refractivity contribution in [2.24, 2.45) is 0 Å². The van der Waals surface area contributed by atoms with Gasteiger partial charge in [0.25, 0.3) is 15.9 Å². The fourth-order valence-corrected chi connectivity index (χ4v) is 5.21. The Morgan fingerprint density at radius 3 is 2.77 bits per heavy atom. The number of carbonyl (C=O) groups is 1. The number of amides is 1. The molecule has 35 heavy (non-hydrogen) atoms. The summed E-state index contributed by atoms with van der Waals surface area (Å²) in [6.45, 7) is 4.20. The number of aryl methyl sites for hydroxylation is 2. The Morgan fingerprint density at radius 1 is 1.23 bits per heavy atom. The number of anilines is 1. The van der Waals surface area contributed by atoms with Crippen LogP contribution in [-0.2, 0) is 27.9 Å². The first-order valence-electron chi connectivity index (χ1n) is 10.5. The lowest BCUT2D eigenvalue weighted by Crippen LogP contribution is -2.20. The van der Waals surface area contributed by atoms with Gasteiger partial charge in [0, 0.05) is 6.20 Å². The van der Waals surface area contributed by atoms with E-state index in [1.807, 2.05) is 18.9 Å². The normalized spacial score (nSPS) is 11.3. The minimum absolute atomic E-state index is 0.0424. The molecule has 2 aromatic carbocycles. The van der Waals surface area contributed by atoms with Crippen molar-refractivity contribution in [2.45, 2.75) is 31.8 Å². The van der Waals surface area contributed by atoms with Crippen LogP contribution in [0.1, 0.15) is 22.4 Å². The van der Waals surface area contributed by atoms with Crippen LogP contribution in [0.4, 0.5) is 5.82 Å². The summed E-state index contributed by atoms with van der Waals surface area (Å²) < 4.78 is 41.3. The number of aromatic nitrogens is 3. The lowest BCUT2D eigenvalue weighted by Gasteiger charge is -2.13. The van der Waals surface area contributed by atoms with Crippen molar-refractivity contribution >= 4 is 32.7 Å². The summed E-state index contributed by atoms with van der Waals surface area (Å²) >= 11 is 0. The predicted molar refractivity (Wildman–Crippen MR) is 129 cm³/mol. The van der Waals surface area contributed by atoms with E-state index in [0.717, 1.165) is 11.1 Å². The summed E-state index contributed by atoms with van der Waals surface area (Å²) in [4.78, 5) is 11.3. The van der Waals surface area contributed by atoms with Gasteiger partial charge in [0.05, 0.1) is 31.3 Å². The first-order valence-corrected chi connectivity index (χ1v) is 12.0. The zero-order valence-corrected chi connectivity index (χ0v) is 20.1. The molecule has 11 heteroatoms. The van der Waals surface area contributed by atoms with Crippen molar-refractivity contribution in [3.8, 4) is 18.1 Å². The molecule has 10 nitrogen and oxygen atoms in total. The van der Waals surface area contributed by atoms with Crippen LogP contribution < -0.4 is 14.8 Å². The molecule has 0 aliphatic heterocycles. The van der Waals surface area contributed by atoms with E-state index < -0.39 is 15.9 Å². The van der Waals surface area contributed by atoms with Crippen molar-refractivity contribution in [3.63, 3.8) is 0 Å². The molecule has 0 unspecified atom stereocenters. The highest BCUT2D eigenvalue weighted by Crippen LogP contribution is 2.33. The number of hydrogen-bond acceptors (Lipinski definition) is 7. The second-order valence-corrected chi connectivity index (χ2v) is 9.48. The molecule has 0 aliphatic carbocycles. The summed E-state index contributed by atoms with van der Waals surface area (Å²) in [5.41, 5.74) is 3.30. The molecule has 4 rings (SSSR count). The lowest BCUT2D eigenvalue weighted by molar-refractivity contribution is -0.115. The minimum atomic E-state index is -3.99. The number of ether oxygens (including phenoxy) is 1. The van der Waals surface area contributed by atoms with Crippen molar-refractivity contribution in [1.82, 2.24) is 20.3 Å². The van der Waals surface area contributed by atoms with Gasteiger partial charge in [-0.3, -0.25) is 14.2 Å². The first-order chi connectivity index (χ1) is 16.7. The highest BCUT2D eigenvalue weighted by molar-refractivity contribution is 7.92. The zero-order valence-electron chi connectivity index (χ0n) is 19.3. The Bertz CT molecular complexity index is 1560. The van der Waals surface area contributed by atoms with Crippen LogP contribution in [0.15, 0.2) is 52.0 Å². The molecule has 0 atom stereocenters. The average molecular weight is 494 g/mol. The standard InChI is InChI=1S/C24H23N5O5S/c1-5-21(30)25-13-18-9-10-29(26-18)14-17-11-16(3)22-20(12-17)34-27-24(22)28-35(31,32)23-15(2)7-6-8-19(23)33-4/h1,6-12H,13-14H2,2-4H3,(H,25,30)(H,27,28). The van der Waals surface area contributed by atoms with E-state index in [1.165, 1.54) is 7.11 Å². The van der Waals surface area contributed by atoms with E-state index in [0.29, 0.717) is 28.8 Å². The van der Waals surface area contributed by atoms with E-state index in [9.17, 15) is 13.2 Å². The van der Waals surface area contributed by atoms with Crippen molar-refractivity contribution in [1.29, 1.82) is 0 Å². The summed E-state index contributed by atoms with van der Waals surface area (Å²) in [5.74, 6) is 1.82. The summed E-state index contributed by atoms with van der Waals surface area (Å²) in [5, 5.41) is 11.5. The van der Waals surface area contributed by atoms with Gasteiger partial charge < -0.3 is 14.6 Å². The molecule has 4 aromatic rings. The molecule has 0 aliphatic rings. The van der Waals surface area contributed by atoms with Crippen LogP contribution in [-0.4, -0.2) is 36.4 Å². The molecule has 1 amide bonds. The van der Waals surface area contributed by atoms with E-state index >= 15 is 0 Å². The molecule has 2 N–H and O–H groups in total. The number of carbonyl (C=O) groups excluding carboxylic acids is 1. The summed E-state index contributed by atoms with van der Waals surface area (Å²) in [6, 6.07) is 10.5. The molecule has 0 fully saturated rings. The van der Waals surface area contributed by atoms with Crippen LogP contribution >= 0.6 is 0 Å². The maximum absolute atomic E-state index is 13.2. The van der Waals surface area contributed by atoms with Gasteiger partial charge in [-0.05, 0) is 54.7 Å². The number of benzene rings is 2. The maximum Gasteiger partial charge on any atom is 0.295 e. The fourth-order valence-electron chi connectivity index (χ4n) is 3.81. The van der Waals surface area contributed by atoms with E-state index in [1.54, 1.807) is 48.1 Å². The third-order valence-corrected chi connectivity index (χ3v) is 6.85. The number of terminal acetylenes is 1. The van der Waals surface area contributed by atoms with Gasteiger partial charge in [0.15, 0.2) is 11.4 Å². The quantitative estimate of drug-likeness (QED) is 0.361. The summed E-state index contributed by atoms with van der Waals surface area (Å²) in [7, 11) is -2.57. The average Bonchev–Trinajstić information content (AvgIpc) is 3.43. The molecule has 0 radical (unpaired) electrons. The Kier molecular flexibility index (Phi) is 6.48. The molecule has 0 saturated carbocycles. The topological polar surface area (TPSA) is 128 Å². The number of hydrogen-bond donors (Lipinski definition) is 2. The highest BCUT2D eigenvalue weighted by atomic mass is 32.2. The number of fused-ring (bicyclic) bond motifs is 1. The van der Waals surface area contributed by atoms with Gasteiger partial charge >= 0.3 is 0 Å². The van der Waals surface area contributed by atoms with Gasteiger partial charge in [-0.25, -0.2) is 8.42 Å². The molecule has 2 aromatic heterocycles. The third-order valence-electron chi connectivity index (χ3n) is 5.33. The molecule has 0 saturated heterocycles. The molecule has 0 bridgehead atoms. The Morgan fingerprint density at radius 2 is 2.03 bits per heavy atom. The van der Waals surface area contributed by atoms with Gasteiger partial charge in [-0.2, -0.15) is 5.10 Å². The minimum Gasteiger partial charge on any atom is -0.495 e. The molecule has 0 spiro atoms. The Hall–Kier alpha value is -4.30. The second kappa shape index (κ2) is 9.52. The molecular formula is C24H23N5O5S. The smallest absolute Gasteiger partial charge is 0.295 e. The van der Waals surface area contributed by atoms with E-state index in [2.05, 4.69) is 20.3 Å². The van der Waals surface area contributed by atoms with E-state index in [-0.39, 0.29) is 23.0 Å². The molecule has 2 heterocycles. The van der Waals surface area contributed by atoms with Crippen LogP contribution in [0.3, 0.4) is 0 Å². The largest absolute Gasteiger partial charge is 0.495 e. The van der Waals surface area contributed by atoms with Gasteiger partial charge in [0.2, 0.25) is 0 Å². The van der Waals surface area contributed by atoms with Gasteiger partial charge in [0.1, 0.15) is 10.6 Å². The molecule has 180 valence electrons. The van der Waals surface area contributed by atoms with Gasteiger partial charge in [-0.1, -0.05) is 23.4 Å². The van der Waals surface area contributed by atoms with Crippen molar-refractivity contribution in [3.05, 3.63) is 65.0 Å².